The van der Waals surface area contributed by atoms with Crippen LogP contribution in [0.2, 0.25) is 0 Å². The molecule has 118 valence electrons. The number of primary amides is 1. The molecule has 0 aliphatic heterocycles. The summed E-state index contributed by atoms with van der Waals surface area (Å²) in [6, 6.07) is 0. The van der Waals surface area contributed by atoms with Gasteiger partial charge in [-0.1, -0.05) is 6.92 Å². The van der Waals surface area contributed by atoms with Crippen molar-refractivity contribution >= 4 is 5.91 Å². The van der Waals surface area contributed by atoms with Gasteiger partial charge >= 0.3 is 0 Å². The number of carbonyl (C=O) groups excluding carboxylic acids is 1. The number of nitrogens with zero attached hydrogens (tertiary/aromatic N) is 1. The predicted octanol–water partition coefficient (Wildman–Crippen LogP) is 0.979. The molecule has 0 bridgehead atoms. The highest BCUT2D eigenvalue weighted by Gasteiger charge is 2.30. The first kappa shape index (κ1) is 17.4. The van der Waals surface area contributed by atoms with Crippen molar-refractivity contribution in [3.63, 3.8) is 0 Å². The van der Waals surface area contributed by atoms with E-state index < -0.39 is 5.54 Å². The van der Waals surface area contributed by atoms with Gasteiger partial charge in [0.05, 0.1) is 12.1 Å². The molecular weight excluding hydrogens is 254 g/mol. The maximum absolute atomic E-state index is 11.6. The minimum atomic E-state index is -0.612. The highest BCUT2D eigenvalue weighted by molar-refractivity contribution is 5.84. The largest absolute Gasteiger partial charge is 0.380 e. The SMILES string of the molecule is CCCNC(C)(CCN(C)CCOCC1CC1)C(N)=O. The normalized spacial score (nSPS) is 18.2. The molecule has 1 atom stereocenters. The van der Waals surface area contributed by atoms with Crippen molar-refractivity contribution in [2.75, 3.05) is 39.9 Å². The van der Waals surface area contributed by atoms with Gasteiger partial charge in [0.25, 0.3) is 0 Å². The summed E-state index contributed by atoms with van der Waals surface area (Å²) >= 11 is 0. The molecule has 1 aliphatic carbocycles. The molecule has 0 radical (unpaired) electrons. The van der Waals surface area contributed by atoms with Gasteiger partial charge in [0, 0.05) is 19.7 Å². The fourth-order valence-corrected chi connectivity index (χ4v) is 1.98. The molecule has 1 fully saturated rings. The van der Waals surface area contributed by atoms with E-state index in [1.807, 2.05) is 6.92 Å². The average Bonchev–Trinajstić information content (AvgIpc) is 3.23. The molecule has 0 aromatic heterocycles. The lowest BCUT2D eigenvalue weighted by molar-refractivity contribution is -0.124. The van der Waals surface area contributed by atoms with Crippen molar-refractivity contribution in [1.82, 2.24) is 10.2 Å². The Labute approximate surface area is 123 Å². The number of likely N-dealkylation sites (N-methyl/N-ethyl adjacent to an activating group) is 1. The van der Waals surface area contributed by atoms with Crippen molar-refractivity contribution < 1.29 is 9.53 Å². The molecule has 3 N–H and O–H groups in total. The molecule has 5 nitrogen and oxygen atoms in total. The van der Waals surface area contributed by atoms with Gasteiger partial charge in [-0.2, -0.15) is 0 Å². The Bertz CT molecular complexity index is 295. The second-order valence-corrected chi connectivity index (χ2v) is 6.19. The van der Waals surface area contributed by atoms with E-state index in [2.05, 4.69) is 24.2 Å². The lowest BCUT2D eigenvalue weighted by Gasteiger charge is -2.29. The first-order valence-corrected chi connectivity index (χ1v) is 7.79. The maximum atomic E-state index is 11.6. The zero-order valence-electron chi connectivity index (χ0n) is 13.3. The minimum Gasteiger partial charge on any atom is -0.380 e. The van der Waals surface area contributed by atoms with E-state index in [1.54, 1.807) is 0 Å². The number of carbonyl (C=O) groups is 1. The van der Waals surface area contributed by atoms with Crippen LogP contribution >= 0.6 is 0 Å². The van der Waals surface area contributed by atoms with Crippen LogP contribution in [0.5, 0.6) is 0 Å². The first-order chi connectivity index (χ1) is 9.48. The Kier molecular flexibility index (Phi) is 7.48. The Morgan fingerprint density at radius 1 is 1.45 bits per heavy atom. The van der Waals surface area contributed by atoms with Crippen LogP contribution in [0.3, 0.4) is 0 Å². The molecule has 0 heterocycles. The summed E-state index contributed by atoms with van der Waals surface area (Å²) in [6.45, 7) is 8.19. The van der Waals surface area contributed by atoms with E-state index in [1.165, 1.54) is 12.8 Å². The smallest absolute Gasteiger partial charge is 0.237 e. The fourth-order valence-electron chi connectivity index (χ4n) is 1.98. The molecule has 0 spiro atoms. The molecule has 1 aliphatic rings. The summed E-state index contributed by atoms with van der Waals surface area (Å²) in [6.07, 6.45) is 4.38. The lowest BCUT2D eigenvalue weighted by atomic mass is 9.96. The highest BCUT2D eigenvalue weighted by Crippen LogP contribution is 2.28. The second kappa shape index (κ2) is 8.60. The number of hydrogen-bond donors (Lipinski definition) is 2. The molecule has 5 heteroatoms. The highest BCUT2D eigenvalue weighted by atomic mass is 16.5. The van der Waals surface area contributed by atoms with Crippen molar-refractivity contribution in [2.45, 2.75) is 45.1 Å². The Hall–Kier alpha value is -0.650. The van der Waals surface area contributed by atoms with Crippen LogP contribution in [0.15, 0.2) is 0 Å². The summed E-state index contributed by atoms with van der Waals surface area (Å²) < 4.78 is 5.62. The van der Waals surface area contributed by atoms with Gasteiger partial charge in [-0.25, -0.2) is 0 Å². The zero-order chi connectivity index (χ0) is 15.0. The van der Waals surface area contributed by atoms with Crippen molar-refractivity contribution in [2.24, 2.45) is 11.7 Å². The summed E-state index contributed by atoms with van der Waals surface area (Å²) in [7, 11) is 2.06. The Morgan fingerprint density at radius 3 is 2.70 bits per heavy atom. The van der Waals surface area contributed by atoms with Crippen molar-refractivity contribution in [1.29, 1.82) is 0 Å². The maximum Gasteiger partial charge on any atom is 0.237 e. The molecule has 1 rings (SSSR count). The standard InChI is InChI=1S/C15H31N3O2/c1-4-8-17-15(2,14(16)19)7-9-18(3)10-11-20-12-13-5-6-13/h13,17H,4-12H2,1-3H3,(H2,16,19). The molecular formula is C15H31N3O2. The van der Waals surface area contributed by atoms with Crippen LogP contribution in [0.1, 0.15) is 39.5 Å². The van der Waals surface area contributed by atoms with E-state index in [0.717, 1.165) is 51.6 Å². The molecule has 0 aromatic carbocycles. The first-order valence-electron chi connectivity index (χ1n) is 7.79. The van der Waals surface area contributed by atoms with Gasteiger partial charge < -0.3 is 20.7 Å². The predicted molar refractivity (Wildman–Crippen MR) is 81.6 cm³/mol. The van der Waals surface area contributed by atoms with Gasteiger partial charge in [0.2, 0.25) is 5.91 Å². The van der Waals surface area contributed by atoms with Crippen LogP contribution in [0.25, 0.3) is 0 Å². The van der Waals surface area contributed by atoms with Crippen LogP contribution in [-0.2, 0) is 9.53 Å². The van der Waals surface area contributed by atoms with Crippen molar-refractivity contribution in [3.05, 3.63) is 0 Å². The topological polar surface area (TPSA) is 67.6 Å². The number of nitrogens with one attached hydrogen (secondary N) is 1. The molecule has 1 unspecified atom stereocenters. The fraction of sp³-hybridized carbons (Fsp3) is 0.933. The van der Waals surface area contributed by atoms with Crippen LogP contribution in [0, 0.1) is 5.92 Å². The molecule has 0 saturated heterocycles. The van der Waals surface area contributed by atoms with Gasteiger partial charge in [-0.3, -0.25) is 4.79 Å². The average molecular weight is 285 g/mol. The monoisotopic (exact) mass is 285 g/mol. The quantitative estimate of drug-likeness (QED) is 0.525. The third-order valence-electron chi connectivity index (χ3n) is 3.97. The number of nitrogens with two attached hydrogens (primary N) is 1. The number of rotatable bonds is 12. The summed E-state index contributed by atoms with van der Waals surface area (Å²) in [5.74, 6) is 0.543. The molecule has 20 heavy (non-hydrogen) atoms. The van der Waals surface area contributed by atoms with E-state index in [0.29, 0.717) is 0 Å². The summed E-state index contributed by atoms with van der Waals surface area (Å²) in [4.78, 5) is 13.8. The number of hydrogen-bond acceptors (Lipinski definition) is 4. The second-order valence-electron chi connectivity index (χ2n) is 6.19. The zero-order valence-corrected chi connectivity index (χ0v) is 13.3. The minimum absolute atomic E-state index is 0.274. The van der Waals surface area contributed by atoms with E-state index in [9.17, 15) is 4.79 Å². The van der Waals surface area contributed by atoms with Crippen LogP contribution < -0.4 is 11.1 Å². The molecule has 1 saturated carbocycles. The van der Waals surface area contributed by atoms with Gasteiger partial charge in [0.1, 0.15) is 0 Å². The van der Waals surface area contributed by atoms with Crippen LogP contribution in [-0.4, -0.2) is 56.2 Å². The third kappa shape index (κ3) is 6.68. The number of amides is 1. The summed E-state index contributed by atoms with van der Waals surface area (Å²) in [5.41, 5.74) is 4.90. The van der Waals surface area contributed by atoms with Gasteiger partial charge in [-0.05, 0) is 52.1 Å². The van der Waals surface area contributed by atoms with Crippen LogP contribution in [0.4, 0.5) is 0 Å². The summed E-state index contributed by atoms with van der Waals surface area (Å²) in [5, 5.41) is 3.26. The number of ether oxygens (including phenoxy) is 1. The van der Waals surface area contributed by atoms with E-state index >= 15 is 0 Å². The Morgan fingerprint density at radius 2 is 2.15 bits per heavy atom. The third-order valence-corrected chi connectivity index (χ3v) is 3.97. The van der Waals surface area contributed by atoms with E-state index in [-0.39, 0.29) is 5.91 Å². The van der Waals surface area contributed by atoms with Crippen molar-refractivity contribution in [3.8, 4) is 0 Å². The Balaban J connectivity index is 2.17. The van der Waals surface area contributed by atoms with Gasteiger partial charge in [-0.15, -0.1) is 0 Å². The lowest BCUT2D eigenvalue weighted by Crippen LogP contribution is -2.54. The van der Waals surface area contributed by atoms with E-state index in [4.69, 9.17) is 10.5 Å². The molecule has 0 aromatic rings. The van der Waals surface area contributed by atoms with Gasteiger partial charge in [0.15, 0.2) is 0 Å². The molecule has 1 amide bonds.